The van der Waals surface area contributed by atoms with Crippen LogP contribution in [0.4, 0.5) is 10.5 Å². The lowest BCUT2D eigenvalue weighted by Crippen LogP contribution is -2.44. The fourth-order valence-corrected chi connectivity index (χ4v) is 3.36. The van der Waals surface area contributed by atoms with Gasteiger partial charge in [0.1, 0.15) is 5.76 Å². The van der Waals surface area contributed by atoms with E-state index < -0.39 is 6.04 Å². The van der Waals surface area contributed by atoms with Gasteiger partial charge in [-0.3, -0.25) is 4.79 Å². The number of furan rings is 1. The third-order valence-corrected chi connectivity index (χ3v) is 4.69. The topological polar surface area (TPSA) is 77.8 Å². The molecule has 3 heterocycles. The Kier molecular flexibility index (Phi) is 3.91. The second-order valence-corrected chi connectivity index (χ2v) is 6.65. The number of benzene rings is 1. The monoisotopic (exact) mass is 352 g/mol. The average molecular weight is 352 g/mol. The van der Waals surface area contributed by atoms with Gasteiger partial charge in [-0.2, -0.15) is 0 Å². The molecule has 0 saturated heterocycles. The number of urea groups is 1. The number of anilines is 1. The predicted molar refractivity (Wildman–Crippen MR) is 96.3 cm³/mol. The Morgan fingerprint density at radius 1 is 1.19 bits per heavy atom. The van der Waals surface area contributed by atoms with Gasteiger partial charge in [0.05, 0.1) is 36.7 Å². The number of nitrogens with zero attached hydrogens (tertiary/aromatic N) is 2. The van der Waals surface area contributed by atoms with Crippen LogP contribution < -0.4 is 15.5 Å². The normalized spacial score (nSPS) is 19.3. The van der Waals surface area contributed by atoms with E-state index in [4.69, 9.17) is 4.42 Å². The number of hydrogen-bond donors (Lipinski definition) is 2. The van der Waals surface area contributed by atoms with Crippen molar-refractivity contribution >= 4 is 17.6 Å². The molecule has 0 bridgehead atoms. The third-order valence-electron chi connectivity index (χ3n) is 4.69. The molecule has 1 aromatic carbocycles. The Bertz CT molecular complexity index is 869. The van der Waals surface area contributed by atoms with Crippen LogP contribution in [-0.4, -0.2) is 37.5 Å². The summed E-state index contributed by atoms with van der Waals surface area (Å²) in [4.78, 5) is 28.7. The number of hydrogen-bond acceptors (Lipinski definition) is 4. The lowest BCUT2D eigenvalue weighted by atomic mass is 9.96. The summed E-state index contributed by atoms with van der Waals surface area (Å²) >= 11 is 0. The molecule has 0 unspecified atom stereocenters. The highest BCUT2D eigenvalue weighted by molar-refractivity contribution is 6.01. The summed E-state index contributed by atoms with van der Waals surface area (Å²) < 4.78 is 5.35. The molecule has 0 fully saturated rings. The number of amides is 3. The van der Waals surface area contributed by atoms with E-state index in [9.17, 15) is 9.59 Å². The van der Waals surface area contributed by atoms with Crippen molar-refractivity contribution in [2.45, 2.75) is 12.6 Å². The van der Waals surface area contributed by atoms with Gasteiger partial charge in [-0.1, -0.05) is 12.1 Å². The number of carbonyl (C=O) groups excluding carboxylic acids is 2. The first kappa shape index (κ1) is 16.3. The Hall–Kier alpha value is -3.22. The second kappa shape index (κ2) is 6.25. The van der Waals surface area contributed by atoms with Gasteiger partial charge in [-0.25, -0.2) is 4.79 Å². The smallest absolute Gasteiger partial charge is 0.319 e. The van der Waals surface area contributed by atoms with E-state index >= 15 is 0 Å². The number of carbonyl (C=O) groups is 2. The third kappa shape index (κ3) is 2.81. The van der Waals surface area contributed by atoms with E-state index in [1.54, 1.807) is 17.2 Å². The van der Waals surface area contributed by atoms with Gasteiger partial charge < -0.3 is 24.9 Å². The van der Waals surface area contributed by atoms with Crippen LogP contribution in [0.25, 0.3) is 0 Å². The van der Waals surface area contributed by atoms with Gasteiger partial charge in [0, 0.05) is 19.8 Å². The molecule has 2 aliphatic rings. The van der Waals surface area contributed by atoms with Crippen molar-refractivity contribution in [2.75, 3.05) is 25.5 Å². The van der Waals surface area contributed by atoms with E-state index in [0.717, 1.165) is 11.3 Å². The molecule has 3 amide bonds. The first-order valence-corrected chi connectivity index (χ1v) is 8.42. The first-order valence-electron chi connectivity index (χ1n) is 8.42. The first-order chi connectivity index (χ1) is 12.5. The van der Waals surface area contributed by atoms with Gasteiger partial charge in [0.15, 0.2) is 0 Å². The van der Waals surface area contributed by atoms with Crippen molar-refractivity contribution in [2.24, 2.45) is 0 Å². The van der Waals surface area contributed by atoms with E-state index in [1.807, 2.05) is 49.3 Å². The van der Waals surface area contributed by atoms with Crippen LogP contribution in [-0.2, 0) is 11.3 Å². The van der Waals surface area contributed by atoms with Crippen molar-refractivity contribution in [3.05, 3.63) is 65.3 Å². The van der Waals surface area contributed by atoms with E-state index in [2.05, 4.69) is 10.6 Å². The fraction of sp³-hybridized carbons (Fsp3) is 0.263. The summed E-state index contributed by atoms with van der Waals surface area (Å²) in [6.45, 7) is 0.746. The van der Waals surface area contributed by atoms with Crippen molar-refractivity contribution in [3.8, 4) is 0 Å². The predicted octanol–water partition coefficient (Wildman–Crippen LogP) is 2.00. The zero-order chi connectivity index (χ0) is 18.3. The standard InChI is InChI=1S/C19H20N4O3/c1-22(2)13-7-5-12(6-8-13)17-16-15(20-19(25)21-17)11-23(18(16)24)10-14-4-3-9-26-14/h3-9,17H,10-11H2,1-2H3,(H2,20,21,25)/t17-/m1/s1. The molecular formula is C19H20N4O3. The van der Waals surface area contributed by atoms with E-state index in [0.29, 0.717) is 30.1 Å². The molecule has 0 spiro atoms. The van der Waals surface area contributed by atoms with Crippen molar-refractivity contribution in [3.63, 3.8) is 0 Å². The highest BCUT2D eigenvalue weighted by Crippen LogP contribution is 2.33. The minimum atomic E-state index is -0.455. The summed E-state index contributed by atoms with van der Waals surface area (Å²) in [7, 11) is 3.93. The lowest BCUT2D eigenvalue weighted by molar-refractivity contribution is -0.126. The molecule has 2 aliphatic heterocycles. The Morgan fingerprint density at radius 2 is 1.96 bits per heavy atom. The molecule has 0 radical (unpaired) electrons. The number of nitrogens with one attached hydrogen (secondary N) is 2. The van der Waals surface area contributed by atoms with Gasteiger partial charge >= 0.3 is 6.03 Å². The Balaban J connectivity index is 1.62. The molecule has 7 nitrogen and oxygen atoms in total. The summed E-state index contributed by atoms with van der Waals surface area (Å²) in [6, 6.07) is 10.7. The van der Waals surface area contributed by atoms with E-state index in [1.165, 1.54) is 0 Å². The number of rotatable bonds is 4. The lowest BCUT2D eigenvalue weighted by Gasteiger charge is -2.26. The van der Waals surface area contributed by atoms with E-state index in [-0.39, 0.29) is 11.9 Å². The van der Waals surface area contributed by atoms with Crippen LogP contribution in [0.2, 0.25) is 0 Å². The average Bonchev–Trinajstić information content (AvgIpc) is 3.23. The maximum atomic E-state index is 13.0. The minimum Gasteiger partial charge on any atom is -0.467 e. The summed E-state index contributed by atoms with van der Waals surface area (Å²) in [5.41, 5.74) is 3.19. The zero-order valence-corrected chi connectivity index (χ0v) is 14.7. The van der Waals surface area contributed by atoms with Crippen LogP contribution in [0.5, 0.6) is 0 Å². The highest BCUT2D eigenvalue weighted by Gasteiger charge is 2.40. The maximum Gasteiger partial charge on any atom is 0.319 e. The summed E-state index contributed by atoms with van der Waals surface area (Å²) in [6.07, 6.45) is 1.58. The molecule has 134 valence electrons. The Morgan fingerprint density at radius 3 is 2.62 bits per heavy atom. The molecule has 0 saturated carbocycles. The van der Waals surface area contributed by atoms with Crippen LogP contribution in [0, 0.1) is 0 Å². The second-order valence-electron chi connectivity index (χ2n) is 6.65. The van der Waals surface area contributed by atoms with Crippen molar-refractivity contribution in [1.29, 1.82) is 0 Å². The highest BCUT2D eigenvalue weighted by atomic mass is 16.3. The molecule has 2 aromatic rings. The van der Waals surface area contributed by atoms with Gasteiger partial charge in [-0.15, -0.1) is 0 Å². The van der Waals surface area contributed by atoms with Crippen LogP contribution >= 0.6 is 0 Å². The molecule has 26 heavy (non-hydrogen) atoms. The zero-order valence-electron chi connectivity index (χ0n) is 14.7. The molecular weight excluding hydrogens is 332 g/mol. The van der Waals surface area contributed by atoms with Crippen molar-refractivity contribution in [1.82, 2.24) is 15.5 Å². The van der Waals surface area contributed by atoms with Crippen molar-refractivity contribution < 1.29 is 14.0 Å². The van der Waals surface area contributed by atoms with Crippen LogP contribution in [0.15, 0.2) is 58.3 Å². The largest absolute Gasteiger partial charge is 0.467 e. The Labute approximate surface area is 151 Å². The van der Waals surface area contributed by atoms with Crippen LogP contribution in [0.3, 0.4) is 0 Å². The van der Waals surface area contributed by atoms with Gasteiger partial charge in [-0.05, 0) is 29.8 Å². The minimum absolute atomic E-state index is 0.0920. The summed E-state index contributed by atoms with van der Waals surface area (Å²) in [5, 5.41) is 5.65. The molecule has 1 aromatic heterocycles. The molecule has 7 heteroatoms. The molecule has 0 aliphatic carbocycles. The fourth-order valence-electron chi connectivity index (χ4n) is 3.36. The quantitative estimate of drug-likeness (QED) is 0.882. The van der Waals surface area contributed by atoms with Crippen LogP contribution in [0.1, 0.15) is 17.4 Å². The van der Waals surface area contributed by atoms with Gasteiger partial charge in [0.25, 0.3) is 5.91 Å². The van der Waals surface area contributed by atoms with Gasteiger partial charge in [0.2, 0.25) is 0 Å². The molecule has 2 N–H and O–H groups in total. The molecule has 4 rings (SSSR count). The molecule has 1 atom stereocenters. The maximum absolute atomic E-state index is 13.0. The SMILES string of the molecule is CN(C)c1ccc([C@H]2NC(=O)NC3=C2C(=O)N(Cc2ccco2)C3)cc1. The summed E-state index contributed by atoms with van der Waals surface area (Å²) in [5.74, 6) is 0.620.